The number of rotatable bonds is 5. The Morgan fingerprint density at radius 2 is 1.94 bits per heavy atom. The van der Waals surface area contributed by atoms with E-state index in [1.165, 1.54) is 19.5 Å². The van der Waals surface area contributed by atoms with Crippen molar-refractivity contribution in [3.8, 4) is 11.1 Å². The molecule has 4 heterocycles. The quantitative estimate of drug-likeness (QED) is 0.579. The number of carbonyl (C=O) groups is 1. The van der Waals surface area contributed by atoms with Gasteiger partial charge in [-0.25, -0.2) is 0 Å². The van der Waals surface area contributed by atoms with Crippen LogP contribution >= 0.6 is 0 Å². The van der Waals surface area contributed by atoms with E-state index >= 15 is 0 Å². The maximum absolute atomic E-state index is 13.9. The first-order valence-electron chi connectivity index (χ1n) is 11.4. The molecule has 0 bridgehead atoms. The van der Waals surface area contributed by atoms with E-state index in [0.29, 0.717) is 41.8 Å². The summed E-state index contributed by atoms with van der Waals surface area (Å²) in [5.74, 6) is -0.252. The molecule has 188 valence electrons. The topological polar surface area (TPSA) is 89.5 Å². The van der Waals surface area contributed by atoms with Gasteiger partial charge in [0.1, 0.15) is 6.26 Å². The van der Waals surface area contributed by atoms with E-state index in [-0.39, 0.29) is 18.0 Å². The van der Waals surface area contributed by atoms with Crippen molar-refractivity contribution in [2.75, 3.05) is 6.54 Å². The van der Waals surface area contributed by atoms with Crippen molar-refractivity contribution in [2.24, 2.45) is 12.8 Å². The molecule has 8 nitrogen and oxygen atoms in total. The number of alkyl halides is 3. The number of hydrogen-bond acceptors (Lipinski definition) is 6. The number of carbonyl (C=O) groups excluding carboxylic acids is 1. The van der Waals surface area contributed by atoms with Gasteiger partial charge in [-0.05, 0) is 59.9 Å². The lowest BCUT2D eigenvalue weighted by atomic mass is 9.88. The van der Waals surface area contributed by atoms with Gasteiger partial charge in [-0.1, -0.05) is 0 Å². The molecule has 1 unspecified atom stereocenters. The number of nitrogens with zero attached hydrogens (tertiary/aromatic N) is 5. The Bertz CT molecular complexity index is 1350. The maximum atomic E-state index is 13.9. The summed E-state index contributed by atoms with van der Waals surface area (Å²) in [6.07, 6.45) is 1.20. The van der Waals surface area contributed by atoms with Crippen LogP contribution < -0.4 is 5.73 Å². The number of ether oxygens (including phenoxy) is 1. The molecule has 0 saturated heterocycles. The standard InChI is InChI=1S/C25H25F3N6O2/c1-15-3-5-30-17(9-15)13-33-6-4-18-19(21-14-32(2)31-22(21)25(26,27)28)10-16(11-20(18)23(33)35)12-34-7-8-36-24(34)29/h3,5,7-11,14,24H,4,6,12-13,29H2,1-2H3. The molecule has 0 saturated carbocycles. The summed E-state index contributed by atoms with van der Waals surface area (Å²) < 4.78 is 48.0. The normalized spacial score (nSPS) is 17.5. The molecule has 2 aliphatic rings. The van der Waals surface area contributed by atoms with Gasteiger partial charge < -0.3 is 14.5 Å². The van der Waals surface area contributed by atoms with Crippen molar-refractivity contribution in [2.45, 2.75) is 39.0 Å². The SMILES string of the molecule is Cc1ccnc(CN2CCc3c(cc(CN4C=COC4N)cc3-c3cn(C)nc3C(F)(F)F)C2=O)c1. The van der Waals surface area contributed by atoms with Crippen LogP contribution in [0.1, 0.15) is 38.4 Å². The third-order valence-electron chi connectivity index (χ3n) is 6.33. The van der Waals surface area contributed by atoms with Crippen LogP contribution in [-0.2, 0) is 37.5 Å². The summed E-state index contributed by atoms with van der Waals surface area (Å²) in [6, 6.07) is 7.22. The van der Waals surface area contributed by atoms with Crippen molar-refractivity contribution >= 4 is 5.91 Å². The van der Waals surface area contributed by atoms with Crippen molar-refractivity contribution in [1.82, 2.24) is 24.6 Å². The summed E-state index contributed by atoms with van der Waals surface area (Å²) >= 11 is 0. The summed E-state index contributed by atoms with van der Waals surface area (Å²) in [7, 11) is 1.45. The fraction of sp³-hybridized carbons (Fsp3) is 0.320. The Labute approximate surface area is 205 Å². The first-order chi connectivity index (χ1) is 17.1. The first-order valence-corrected chi connectivity index (χ1v) is 11.4. The average Bonchev–Trinajstić information content (AvgIpc) is 3.41. The van der Waals surface area contributed by atoms with E-state index in [0.717, 1.165) is 15.9 Å². The van der Waals surface area contributed by atoms with Crippen molar-refractivity contribution < 1.29 is 22.7 Å². The molecule has 2 aromatic heterocycles. The number of fused-ring (bicyclic) bond motifs is 1. The molecule has 0 aliphatic carbocycles. The number of hydrogen-bond donors (Lipinski definition) is 1. The number of aromatic nitrogens is 3. The second-order valence-corrected chi connectivity index (χ2v) is 9.02. The van der Waals surface area contributed by atoms with Crippen LogP contribution in [0.5, 0.6) is 0 Å². The van der Waals surface area contributed by atoms with E-state index in [9.17, 15) is 18.0 Å². The zero-order valence-corrected chi connectivity index (χ0v) is 19.8. The van der Waals surface area contributed by atoms with Gasteiger partial charge in [-0.3, -0.25) is 20.2 Å². The van der Waals surface area contributed by atoms with Gasteiger partial charge in [0.2, 0.25) is 6.35 Å². The molecule has 0 radical (unpaired) electrons. The molecular formula is C25H25F3N6O2. The minimum Gasteiger partial charge on any atom is -0.464 e. The molecule has 2 N–H and O–H groups in total. The van der Waals surface area contributed by atoms with Crippen LogP contribution in [0.4, 0.5) is 13.2 Å². The summed E-state index contributed by atoms with van der Waals surface area (Å²) in [5.41, 5.74) is 8.62. The van der Waals surface area contributed by atoms with Crippen LogP contribution in [0, 0.1) is 6.92 Å². The smallest absolute Gasteiger partial charge is 0.435 e. The third kappa shape index (κ3) is 4.53. The highest BCUT2D eigenvalue weighted by Crippen LogP contribution is 2.40. The number of nitrogens with two attached hydrogens (primary N) is 1. The molecule has 3 aromatic rings. The molecular weight excluding hydrogens is 473 g/mol. The van der Waals surface area contributed by atoms with E-state index in [1.54, 1.807) is 34.3 Å². The lowest BCUT2D eigenvalue weighted by Crippen LogP contribution is -2.38. The Hall–Kier alpha value is -3.86. The first kappa shape index (κ1) is 23.9. The zero-order chi connectivity index (χ0) is 25.6. The molecule has 1 atom stereocenters. The zero-order valence-electron chi connectivity index (χ0n) is 19.8. The third-order valence-corrected chi connectivity index (χ3v) is 6.33. The molecule has 0 spiro atoms. The highest BCUT2D eigenvalue weighted by Gasteiger charge is 2.39. The monoisotopic (exact) mass is 498 g/mol. The number of benzene rings is 1. The Morgan fingerprint density at radius 3 is 2.64 bits per heavy atom. The lowest BCUT2D eigenvalue weighted by molar-refractivity contribution is -0.140. The molecule has 0 fully saturated rings. The molecule has 1 amide bonds. The largest absolute Gasteiger partial charge is 0.464 e. The average molecular weight is 499 g/mol. The van der Waals surface area contributed by atoms with Gasteiger partial charge in [0.05, 0.1) is 12.2 Å². The Balaban J connectivity index is 1.59. The minimum absolute atomic E-state index is 0.0535. The van der Waals surface area contributed by atoms with Crippen molar-refractivity contribution in [1.29, 1.82) is 0 Å². The minimum atomic E-state index is -4.64. The van der Waals surface area contributed by atoms with Gasteiger partial charge in [0.15, 0.2) is 5.69 Å². The number of amides is 1. The molecule has 5 rings (SSSR count). The van der Waals surface area contributed by atoms with E-state index in [2.05, 4.69) is 10.1 Å². The number of halogens is 3. The van der Waals surface area contributed by atoms with E-state index < -0.39 is 18.2 Å². The van der Waals surface area contributed by atoms with Gasteiger partial charge >= 0.3 is 6.18 Å². The van der Waals surface area contributed by atoms with Crippen molar-refractivity contribution in [3.63, 3.8) is 0 Å². The Kier molecular flexibility index (Phi) is 5.95. The molecule has 2 aliphatic heterocycles. The molecule has 11 heteroatoms. The van der Waals surface area contributed by atoms with Gasteiger partial charge in [-0.2, -0.15) is 18.3 Å². The van der Waals surface area contributed by atoms with Crippen molar-refractivity contribution in [3.05, 3.63) is 82.8 Å². The summed E-state index contributed by atoms with van der Waals surface area (Å²) in [6.45, 7) is 2.88. The van der Waals surface area contributed by atoms with Gasteiger partial charge in [0.25, 0.3) is 5.91 Å². The second kappa shape index (κ2) is 8.98. The highest BCUT2D eigenvalue weighted by molar-refractivity contribution is 5.99. The fourth-order valence-corrected chi connectivity index (χ4v) is 4.68. The highest BCUT2D eigenvalue weighted by atomic mass is 19.4. The molecule has 36 heavy (non-hydrogen) atoms. The fourth-order valence-electron chi connectivity index (χ4n) is 4.68. The van der Waals surface area contributed by atoms with Crippen LogP contribution in [-0.4, -0.2) is 43.4 Å². The predicted octanol–water partition coefficient (Wildman–Crippen LogP) is 3.55. The van der Waals surface area contributed by atoms with E-state index in [4.69, 9.17) is 10.5 Å². The maximum Gasteiger partial charge on any atom is 0.435 e. The summed E-state index contributed by atoms with van der Waals surface area (Å²) in [4.78, 5) is 21.3. The number of pyridine rings is 1. The lowest BCUT2D eigenvalue weighted by Gasteiger charge is -2.31. The van der Waals surface area contributed by atoms with Gasteiger partial charge in [-0.15, -0.1) is 0 Å². The predicted molar refractivity (Wildman–Crippen MR) is 125 cm³/mol. The van der Waals surface area contributed by atoms with Crippen LogP contribution in [0.2, 0.25) is 0 Å². The molecule has 1 aromatic carbocycles. The summed E-state index contributed by atoms with van der Waals surface area (Å²) in [5, 5.41) is 3.68. The van der Waals surface area contributed by atoms with Crippen LogP contribution in [0.25, 0.3) is 11.1 Å². The Morgan fingerprint density at radius 1 is 1.17 bits per heavy atom. The second-order valence-electron chi connectivity index (χ2n) is 9.02. The van der Waals surface area contributed by atoms with Gasteiger partial charge in [0, 0.05) is 49.9 Å². The van der Waals surface area contributed by atoms with Crippen LogP contribution in [0.15, 0.2) is 49.1 Å². The number of aryl methyl sites for hydroxylation is 2. The van der Waals surface area contributed by atoms with E-state index in [1.807, 2.05) is 19.1 Å². The van der Waals surface area contributed by atoms with Crippen LogP contribution in [0.3, 0.4) is 0 Å².